The van der Waals surface area contributed by atoms with Crippen molar-refractivity contribution in [2.45, 2.75) is 30.6 Å². The summed E-state index contributed by atoms with van der Waals surface area (Å²) in [5.74, 6) is 0. The Bertz CT molecular complexity index is 666. The Balaban J connectivity index is 1.99. The second kappa shape index (κ2) is 7.38. The third-order valence-corrected chi connectivity index (χ3v) is 4.80. The van der Waals surface area contributed by atoms with Crippen LogP contribution >= 0.6 is 0 Å². The summed E-state index contributed by atoms with van der Waals surface area (Å²) in [4.78, 5) is 21.6. The number of urea groups is 1. The largest absolute Gasteiger partial charge is 0.343 e. The third kappa shape index (κ3) is 4.89. The number of non-ortho nitro benzene ring substituents is 1. The number of nitrogens with zero attached hydrogens (tertiary/aromatic N) is 2. The smallest absolute Gasteiger partial charge is 0.270 e. The highest BCUT2D eigenvalue weighted by Gasteiger charge is 2.20. The maximum Gasteiger partial charge on any atom is 0.343 e. The summed E-state index contributed by atoms with van der Waals surface area (Å²) in [6.45, 7) is 1.34. The number of carbonyl (C=O) groups is 1. The fraction of sp³-hybridized carbons (Fsp3) is 0.462. The topological polar surface area (TPSA) is 122 Å². The molecule has 0 saturated carbocycles. The molecule has 1 aliphatic rings. The highest BCUT2D eigenvalue weighted by atomic mass is 32.2. The molecule has 0 atom stereocenters. The second-order valence-corrected chi connectivity index (χ2v) is 6.88. The number of nitrogens with one attached hydrogen (secondary N) is 2. The van der Waals surface area contributed by atoms with Crippen molar-refractivity contribution >= 4 is 21.7 Å². The van der Waals surface area contributed by atoms with Crippen molar-refractivity contribution in [2.24, 2.45) is 0 Å². The first-order valence-electron chi connectivity index (χ1n) is 7.21. The minimum atomic E-state index is -4.07. The van der Waals surface area contributed by atoms with E-state index in [1.165, 1.54) is 0 Å². The molecular formula is C13H18N4O5S. The van der Waals surface area contributed by atoms with Crippen molar-refractivity contribution < 1.29 is 18.1 Å². The van der Waals surface area contributed by atoms with Gasteiger partial charge in [-0.3, -0.25) is 15.5 Å². The van der Waals surface area contributed by atoms with Crippen molar-refractivity contribution in [3.63, 3.8) is 0 Å². The number of hydrogen-bond donors (Lipinski definition) is 2. The van der Waals surface area contributed by atoms with E-state index >= 15 is 0 Å². The monoisotopic (exact) mass is 342 g/mol. The van der Waals surface area contributed by atoms with Crippen LogP contribution < -0.4 is 10.1 Å². The van der Waals surface area contributed by atoms with E-state index in [-0.39, 0.29) is 10.6 Å². The van der Waals surface area contributed by atoms with E-state index < -0.39 is 21.0 Å². The van der Waals surface area contributed by atoms with Gasteiger partial charge in [-0.05, 0) is 25.0 Å². The van der Waals surface area contributed by atoms with Crippen LogP contribution in [0, 0.1) is 10.1 Å². The van der Waals surface area contributed by atoms with Crippen LogP contribution in [0.25, 0.3) is 0 Å². The Morgan fingerprint density at radius 3 is 2.17 bits per heavy atom. The lowest BCUT2D eigenvalue weighted by atomic mass is 10.2. The summed E-state index contributed by atoms with van der Waals surface area (Å²) in [6, 6.07) is 3.47. The fourth-order valence-corrected chi connectivity index (χ4v) is 3.18. The molecule has 1 saturated heterocycles. The summed E-state index contributed by atoms with van der Waals surface area (Å²) in [6.07, 6.45) is 4.05. The Hall–Kier alpha value is -2.20. The molecule has 1 aromatic carbocycles. The quantitative estimate of drug-likeness (QED) is 0.629. The minimum Gasteiger partial charge on any atom is -0.270 e. The number of rotatable bonds is 4. The average molecular weight is 342 g/mol. The third-order valence-electron chi connectivity index (χ3n) is 3.45. The molecular weight excluding hydrogens is 324 g/mol. The number of hydrogen-bond acceptors (Lipinski definition) is 6. The van der Waals surface area contributed by atoms with Gasteiger partial charge >= 0.3 is 6.03 Å². The molecule has 0 radical (unpaired) electrons. The standard InChI is InChI=1S/C13H18N4O5S/c18-13(14-16-9-3-1-2-4-10-16)15-23(21,22)12-7-5-11(6-8-12)17(19)20/h5-8H,1-4,9-10H2,(H2,14,15,18). The number of nitro benzene ring substituents is 1. The lowest BCUT2D eigenvalue weighted by molar-refractivity contribution is -0.384. The van der Waals surface area contributed by atoms with Crippen molar-refractivity contribution in [3.05, 3.63) is 34.4 Å². The van der Waals surface area contributed by atoms with Crippen molar-refractivity contribution in [2.75, 3.05) is 13.1 Å². The molecule has 2 rings (SSSR count). The summed E-state index contributed by atoms with van der Waals surface area (Å²) in [7, 11) is -4.07. The summed E-state index contributed by atoms with van der Waals surface area (Å²) < 4.78 is 26.0. The van der Waals surface area contributed by atoms with Crippen LogP contribution in [0.15, 0.2) is 29.2 Å². The SMILES string of the molecule is O=C(NN1CCCCCC1)NS(=O)(=O)c1ccc([N+](=O)[O-])cc1. The van der Waals surface area contributed by atoms with Crippen LogP contribution in [0.5, 0.6) is 0 Å². The summed E-state index contributed by atoms with van der Waals surface area (Å²) >= 11 is 0. The first kappa shape index (κ1) is 17.2. The van der Waals surface area contributed by atoms with Crippen LogP contribution in [-0.2, 0) is 10.0 Å². The zero-order chi connectivity index (χ0) is 16.9. The lowest BCUT2D eigenvalue weighted by Crippen LogP contribution is -2.49. The number of carbonyl (C=O) groups excluding carboxylic acids is 1. The van der Waals surface area contributed by atoms with Crippen molar-refractivity contribution in [1.29, 1.82) is 0 Å². The molecule has 126 valence electrons. The normalized spacial score (nSPS) is 16.3. The number of benzene rings is 1. The van der Waals surface area contributed by atoms with E-state index in [1.807, 2.05) is 4.72 Å². The molecule has 0 bridgehead atoms. The van der Waals surface area contributed by atoms with Crippen LogP contribution in [0.4, 0.5) is 10.5 Å². The van der Waals surface area contributed by atoms with Gasteiger partial charge in [-0.25, -0.2) is 22.9 Å². The van der Waals surface area contributed by atoms with Gasteiger partial charge in [-0.2, -0.15) is 0 Å². The van der Waals surface area contributed by atoms with E-state index in [4.69, 9.17) is 0 Å². The number of sulfonamides is 1. The van der Waals surface area contributed by atoms with Gasteiger partial charge in [0.05, 0.1) is 9.82 Å². The molecule has 2 N–H and O–H groups in total. The highest BCUT2D eigenvalue weighted by Crippen LogP contribution is 2.15. The Kier molecular flexibility index (Phi) is 5.50. The minimum absolute atomic E-state index is 0.214. The van der Waals surface area contributed by atoms with E-state index in [2.05, 4.69) is 5.43 Å². The molecule has 9 nitrogen and oxygen atoms in total. The van der Waals surface area contributed by atoms with Crippen LogP contribution in [0.2, 0.25) is 0 Å². The zero-order valence-electron chi connectivity index (χ0n) is 12.4. The summed E-state index contributed by atoms with van der Waals surface area (Å²) in [5.41, 5.74) is 2.29. The maximum absolute atomic E-state index is 12.1. The molecule has 10 heteroatoms. The first-order chi connectivity index (χ1) is 10.9. The molecule has 1 aliphatic heterocycles. The molecule has 0 spiro atoms. The predicted molar refractivity (Wildman–Crippen MR) is 82.0 cm³/mol. The molecule has 2 amide bonds. The van der Waals surface area contributed by atoms with E-state index in [9.17, 15) is 23.3 Å². The first-order valence-corrected chi connectivity index (χ1v) is 8.70. The van der Waals surface area contributed by atoms with Crippen LogP contribution in [-0.4, -0.2) is 37.5 Å². The Morgan fingerprint density at radius 1 is 1.09 bits per heavy atom. The van der Waals surface area contributed by atoms with E-state index in [0.29, 0.717) is 13.1 Å². The number of nitro groups is 1. The van der Waals surface area contributed by atoms with Crippen LogP contribution in [0.1, 0.15) is 25.7 Å². The maximum atomic E-state index is 12.1. The van der Waals surface area contributed by atoms with Gasteiger partial charge in [0.2, 0.25) is 0 Å². The predicted octanol–water partition coefficient (Wildman–Crippen LogP) is 1.37. The Labute approximate surface area is 133 Å². The van der Waals surface area contributed by atoms with Gasteiger partial charge in [0.1, 0.15) is 0 Å². The van der Waals surface area contributed by atoms with Gasteiger partial charge < -0.3 is 0 Å². The molecule has 0 aliphatic carbocycles. The van der Waals surface area contributed by atoms with Crippen LogP contribution in [0.3, 0.4) is 0 Å². The average Bonchev–Trinajstić information content (AvgIpc) is 2.75. The van der Waals surface area contributed by atoms with E-state index in [1.54, 1.807) is 5.01 Å². The number of hydrazine groups is 1. The molecule has 0 unspecified atom stereocenters. The van der Waals surface area contributed by atoms with Gasteiger partial charge in [-0.1, -0.05) is 12.8 Å². The summed E-state index contributed by atoms with van der Waals surface area (Å²) in [5, 5.41) is 12.2. The molecule has 1 fully saturated rings. The van der Waals surface area contributed by atoms with Gasteiger partial charge in [0.15, 0.2) is 0 Å². The molecule has 1 aromatic rings. The number of amides is 2. The van der Waals surface area contributed by atoms with Crippen molar-refractivity contribution in [1.82, 2.24) is 15.2 Å². The van der Waals surface area contributed by atoms with E-state index in [0.717, 1.165) is 49.9 Å². The fourth-order valence-electron chi connectivity index (χ4n) is 2.28. The Morgan fingerprint density at radius 2 is 1.65 bits per heavy atom. The highest BCUT2D eigenvalue weighted by molar-refractivity contribution is 7.90. The second-order valence-electron chi connectivity index (χ2n) is 5.20. The van der Waals surface area contributed by atoms with Gasteiger partial charge in [-0.15, -0.1) is 0 Å². The molecule has 1 heterocycles. The molecule has 23 heavy (non-hydrogen) atoms. The van der Waals surface area contributed by atoms with Gasteiger partial charge in [0, 0.05) is 25.2 Å². The molecule has 0 aromatic heterocycles. The zero-order valence-corrected chi connectivity index (χ0v) is 13.2. The van der Waals surface area contributed by atoms with Crippen molar-refractivity contribution in [3.8, 4) is 0 Å². The van der Waals surface area contributed by atoms with Gasteiger partial charge in [0.25, 0.3) is 15.7 Å². The lowest BCUT2D eigenvalue weighted by Gasteiger charge is -2.20.